The first kappa shape index (κ1) is 27.3. The third kappa shape index (κ3) is 7.42. The number of hydrogen-bond acceptors (Lipinski definition) is 7. The fraction of sp³-hybridized carbons (Fsp3) is 0.655. The zero-order chi connectivity index (χ0) is 27.2. The summed E-state index contributed by atoms with van der Waals surface area (Å²) in [6.45, 7) is 2.04. The number of rotatable bonds is 11. The smallest absolute Gasteiger partial charge is 0.407 e. The number of amides is 2. The Hall–Kier alpha value is -3.30. The van der Waals surface area contributed by atoms with Crippen molar-refractivity contribution in [3.8, 4) is 5.75 Å². The molecule has 0 spiro atoms. The van der Waals surface area contributed by atoms with Crippen molar-refractivity contribution in [3.63, 3.8) is 0 Å². The molecule has 4 fully saturated rings. The van der Waals surface area contributed by atoms with Crippen LogP contribution < -0.4 is 20.7 Å². The number of aliphatic imine (C=N–C) groups is 1. The normalized spacial score (nSPS) is 27.6. The highest BCUT2D eigenvalue weighted by Gasteiger charge is 2.51. The van der Waals surface area contributed by atoms with Crippen molar-refractivity contribution in [1.29, 1.82) is 0 Å². The van der Waals surface area contributed by atoms with Crippen molar-refractivity contribution in [2.24, 2.45) is 28.2 Å². The summed E-state index contributed by atoms with van der Waals surface area (Å²) < 4.78 is 11.3. The molecule has 0 aromatic heterocycles. The highest BCUT2D eigenvalue weighted by Crippen LogP contribution is 2.60. The second-order valence-corrected chi connectivity index (χ2v) is 11.9. The van der Waals surface area contributed by atoms with Crippen molar-refractivity contribution < 1.29 is 29.0 Å². The number of ether oxygens (including phenoxy) is 2. The van der Waals surface area contributed by atoms with Gasteiger partial charge in [-0.2, -0.15) is 0 Å². The Morgan fingerprint density at radius 2 is 1.77 bits per heavy atom. The van der Waals surface area contributed by atoms with E-state index in [0.29, 0.717) is 31.2 Å². The third-order valence-corrected chi connectivity index (χ3v) is 8.66. The van der Waals surface area contributed by atoms with E-state index in [0.717, 1.165) is 62.1 Å². The predicted octanol–water partition coefficient (Wildman–Crippen LogP) is 3.25. The molecule has 1 atom stereocenters. The highest BCUT2D eigenvalue weighted by atomic mass is 16.5. The molecule has 1 unspecified atom stereocenters. The number of nitrogens with one attached hydrogen (secondary N) is 3. The van der Waals surface area contributed by atoms with Crippen LogP contribution in [0.1, 0.15) is 63.4 Å². The van der Waals surface area contributed by atoms with Crippen molar-refractivity contribution in [2.45, 2.75) is 70.3 Å². The van der Waals surface area contributed by atoms with Crippen LogP contribution in [0.4, 0.5) is 4.79 Å². The summed E-state index contributed by atoms with van der Waals surface area (Å²) in [5, 5.41) is 18.0. The number of benzene rings is 1. The Balaban J connectivity index is 1.01. The minimum Gasteiger partial charge on any atom is -0.494 e. The molecule has 4 N–H and O–H groups in total. The highest BCUT2D eigenvalue weighted by molar-refractivity contribution is 5.97. The summed E-state index contributed by atoms with van der Waals surface area (Å²) >= 11 is 0. The average molecular weight is 541 g/mol. The first-order chi connectivity index (χ1) is 18.9. The average Bonchev–Trinajstić information content (AvgIpc) is 2.91. The van der Waals surface area contributed by atoms with Crippen molar-refractivity contribution in [3.05, 3.63) is 29.8 Å². The monoisotopic (exact) mass is 540 g/mol. The number of guanidine groups is 1. The van der Waals surface area contributed by atoms with Crippen LogP contribution in [0.2, 0.25) is 0 Å². The van der Waals surface area contributed by atoms with Gasteiger partial charge in [0.15, 0.2) is 5.96 Å². The molecule has 10 nitrogen and oxygen atoms in total. The summed E-state index contributed by atoms with van der Waals surface area (Å²) in [5.74, 6) is 2.22. The fourth-order valence-corrected chi connectivity index (χ4v) is 7.24. The van der Waals surface area contributed by atoms with Gasteiger partial charge in [-0.15, -0.1) is 0 Å². The van der Waals surface area contributed by atoms with Gasteiger partial charge in [0.05, 0.1) is 13.2 Å². The Kier molecular flexibility index (Phi) is 8.57. The maximum absolute atomic E-state index is 12.5. The van der Waals surface area contributed by atoms with Crippen LogP contribution in [0, 0.1) is 23.2 Å². The Bertz CT molecular complexity index is 1040. The molecule has 0 radical (unpaired) electrons. The molecule has 0 saturated heterocycles. The van der Waals surface area contributed by atoms with Gasteiger partial charge in [0, 0.05) is 31.3 Å². The van der Waals surface area contributed by atoms with Crippen LogP contribution in [-0.2, 0) is 20.7 Å². The molecule has 1 aliphatic heterocycles. The number of carboxylic acid groups (broad SMARTS) is 1. The molecule has 1 aromatic carbocycles. The number of aryl methyl sites for hydroxylation is 1. The molecule has 2 amide bonds. The van der Waals surface area contributed by atoms with Gasteiger partial charge in [-0.1, -0.05) is 12.1 Å². The number of carboxylic acids is 1. The fourth-order valence-electron chi connectivity index (χ4n) is 7.24. The zero-order valence-corrected chi connectivity index (χ0v) is 22.5. The number of hydrogen-bond donors (Lipinski definition) is 4. The first-order valence-corrected chi connectivity index (χ1v) is 14.3. The second-order valence-electron chi connectivity index (χ2n) is 11.9. The third-order valence-electron chi connectivity index (χ3n) is 8.66. The van der Waals surface area contributed by atoms with Crippen LogP contribution in [0.15, 0.2) is 29.3 Å². The molecular formula is C29H40N4O6. The van der Waals surface area contributed by atoms with E-state index in [1.807, 2.05) is 12.1 Å². The predicted molar refractivity (Wildman–Crippen MR) is 144 cm³/mol. The molecule has 5 aliphatic rings. The lowest BCUT2D eigenvalue weighted by molar-refractivity contribution is -0.139. The molecule has 212 valence electrons. The van der Waals surface area contributed by atoms with Crippen molar-refractivity contribution in [1.82, 2.24) is 16.0 Å². The molecule has 6 rings (SSSR count). The van der Waals surface area contributed by atoms with E-state index in [-0.39, 0.29) is 24.3 Å². The van der Waals surface area contributed by atoms with E-state index in [9.17, 15) is 19.5 Å². The lowest BCUT2D eigenvalue weighted by atomic mass is 9.50. The minimum absolute atomic E-state index is 0.0885. The summed E-state index contributed by atoms with van der Waals surface area (Å²) in [6.07, 6.45) is 8.67. The van der Waals surface area contributed by atoms with Crippen LogP contribution in [0.3, 0.4) is 0 Å². The molecule has 4 bridgehead atoms. The van der Waals surface area contributed by atoms with Gasteiger partial charge in [-0.05, 0) is 86.8 Å². The van der Waals surface area contributed by atoms with Crippen LogP contribution >= 0.6 is 0 Å². The van der Waals surface area contributed by atoms with E-state index in [4.69, 9.17) is 9.47 Å². The van der Waals surface area contributed by atoms with E-state index in [1.54, 1.807) is 12.1 Å². The Morgan fingerprint density at radius 3 is 2.38 bits per heavy atom. The van der Waals surface area contributed by atoms with E-state index >= 15 is 0 Å². The molecular weight excluding hydrogens is 500 g/mol. The number of nitrogens with zero attached hydrogens (tertiary/aromatic N) is 1. The zero-order valence-electron chi connectivity index (χ0n) is 22.5. The van der Waals surface area contributed by atoms with Gasteiger partial charge in [-0.3, -0.25) is 15.1 Å². The standard InChI is InChI=1S/C29H40N4O6/c34-25(33-27-30-9-1-10-31-27)7-4-19-2-5-23(6-3-19)38-11-8-24(26(35)36)32-28(37)39-18-29-15-20-12-21(16-29)14-22(13-20)17-29/h2-3,5-6,20-22,24H,1,4,7-18H2,(H,32,37)(H,35,36)(H2,30,31,33,34). The minimum atomic E-state index is -1.12. The largest absolute Gasteiger partial charge is 0.494 e. The van der Waals surface area contributed by atoms with Crippen LogP contribution in [0.5, 0.6) is 5.75 Å². The topological polar surface area (TPSA) is 138 Å². The second kappa shape index (κ2) is 12.3. The van der Waals surface area contributed by atoms with Crippen molar-refractivity contribution >= 4 is 23.9 Å². The van der Waals surface area contributed by atoms with Gasteiger partial charge in [-0.25, -0.2) is 9.59 Å². The van der Waals surface area contributed by atoms with E-state index in [1.165, 1.54) is 19.3 Å². The van der Waals surface area contributed by atoms with Crippen LogP contribution in [-0.4, -0.2) is 61.4 Å². The van der Waals surface area contributed by atoms with E-state index < -0.39 is 18.1 Å². The van der Waals surface area contributed by atoms with Crippen LogP contribution in [0.25, 0.3) is 0 Å². The van der Waals surface area contributed by atoms with Crippen molar-refractivity contribution in [2.75, 3.05) is 26.3 Å². The number of carbonyl (C=O) groups is 3. The molecule has 4 aliphatic carbocycles. The van der Waals surface area contributed by atoms with Gasteiger partial charge in [0.25, 0.3) is 0 Å². The summed E-state index contributed by atoms with van der Waals surface area (Å²) in [4.78, 5) is 40.6. The quantitative estimate of drug-likeness (QED) is 0.338. The van der Waals surface area contributed by atoms with Gasteiger partial charge in [0.1, 0.15) is 11.8 Å². The SMILES string of the molecule is O=C(CCc1ccc(OCCC(NC(=O)OCC23CC4CC(CC(C4)C2)C3)C(=O)O)cc1)NC1=NCCCN1. The lowest BCUT2D eigenvalue weighted by Crippen LogP contribution is -2.49. The van der Waals surface area contributed by atoms with E-state index in [2.05, 4.69) is 20.9 Å². The number of aliphatic carboxylic acids is 1. The summed E-state index contributed by atoms with van der Waals surface area (Å²) in [6, 6.07) is 6.27. The van der Waals surface area contributed by atoms with Gasteiger partial charge in [0.2, 0.25) is 5.91 Å². The van der Waals surface area contributed by atoms with Gasteiger partial charge < -0.3 is 25.2 Å². The van der Waals surface area contributed by atoms with Gasteiger partial charge >= 0.3 is 12.1 Å². The Morgan fingerprint density at radius 1 is 1.08 bits per heavy atom. The number of alkyl carbamates (subject to hydrolysis) is 1. The molecule has 10 heteroatoms. The summed E-state index contributed by atoms with van der Waals surface area (Å²) in [5.41, 5.74) is 1.08. The maximum atomic E-state index is 12.5. The molecule has 39 heavy (non-hydrogen) atoms. The Labute approximate surface area is 229 Å². The number of carbonyl (C=O) groups excluding carboxylic acids is 2. The summed E-state index contributed by atoms with van der Waals surface area (Å²) in [7, 11) is 0. The maximum Gasteiger partial charge on any atom is 0.407 e. The lowest BCUT2D eigenvalue weighted by Gasteiger charge is -2.56. The molecule has 1 aromatic rings. The molecule has 4 saturated carbocycles. The first-order valence-electron chi connectivity index (χ1n) is 14.3. The molecule has 1 heterocycles.